The first-order chi connectivity index (χ1) is 7.60. The highest BCUT2D eigenvalue weighted by Gasteiger charge is 2.20. The third-order valence-corrected chi connectivity index (χ3v) is 3.14. The van der Waals surface area contributed by atoms with Crippen LogP contribution < -0.4 is 5.73 Å². The molecule has 0 spiro atoms. The minimum Gasteiger partial charge on any atom is -0.462 e. The van der Waals surface area contributed by atoms with Crippen LogP contribution in [0.1, 0.15) is 27.6 Å². The van der Waals surface area contributed by atoms with E-state index in [0.29, 0.717) is 16.4 Å². The summed E-state index contributed by atoms with van der Waals surface area (Å²) in [6.45, 7) is 1.99. The molecule has 0 bridgehead atoms. The van der Waals surface area contributed by atoms with Gasteiger partial charge in [0.25, 0.3) is 0 Å². The fourth-order valence-corrected chi connectivity index (χ4v) is 2.09. The maximum Gasteiger partial charge on any atom is 0.348 e. The van der Waals surface area contributed by atoms with Gasteiger partial charge in [0.1, 0.15) is 11.0 Å². The third kappa shape index (κ3) is 3.02. The lowest BCUT2D eigenvalue weighted by molar-refractivity contribution is 0.0265. The molecule has 1 rings (SSSR count). The molecule has 1 aromatic rings. The number of aliphatic hydroxyl groups excluding tert-OH is 2. The van der Waals surface area contributed by atoms with Crippen LogP contribution in [-0.2, 0) is 4.74 Å². The molecule has 16 heavy (non-hydrogen) atoms. The van der Waals surface area contributed by atoms with Crippen LogP contribution in [0.25, 0.3) is 0 Å². The van der Waals surface area contributed by atoms with Crippen molar-refractivity contribution in [1.29, 1.82) is 0 Å². The number of aliphatic hydroxyl groups is 2. The molecule has 1 heterocycles. The molecule has 2 unspecified atom stereocenters. The zero-order chi connectivity index (χ0) is 12.1. The van der Waals surface area contributed by atoms with E-state index < -0.39 is 18.2 Å². The van der Waals surface area contributed by atoms with Crippen molar-refractivity contribution in [2.24, 2.45) is 5.73 Å². The second-order valence-electron chi connectivity index (χ2n) is 3.17. The highest BCUT2D eigenvalue weighted by Crippen LogP contribution is 2.25. The second kappa shape index (κ2) is 5.95. The van der Waals surface area contributed by atoms with Crippen LogP contribution in [0.5, 0.6) is 0 Å². The van der Waals surface area contributed by atoms with Gasteiger partial charge in [0.2, 0.25) is 0 Å². The highest BCUT2D eigenvalue weighted by molar-refractivity contribution is 7.14. The zero-order valence-electron chi connectivity index (χ0n) is 8.92. The van der Waals surface area contributed by atoms with Gasteiger partial charge in [-0.25, -0.2) is 4.79 Å². The molecule has 4 N–H and O–H groups in total. The molecule has 0 aliphatic rings. The van der Waals surface area contributed by atoms with Gasteiger partial charge in [0.15, 0.2) is 0 Å². The SMILES string of the molecule is CCOC(=O)c1ccc(C(O)C(O)CN)s1. The maximum absolute atomic E-state index is 11.3. The summed E-state index contributed by atoms with van der Waals surface area (Å²) in [6, 6.07) is 3.14. The lowest BCUT2D eigenvalue weighted by atomic mass is 10.2. The second-order valence-corrected chi connectivity index (χ2v) is 4.29. The summed E-state index contributed by atoms with van der Waals surface area (Å²) in [7, 11) is 0. The van der Waals surface area contributed by atoms with E-state index in [1.807, 2.05) is 0 Å². The van der Waals surface area contributed by atoms with Gasteiger partial charge in [-0.1, -0.05) is 0 Å². The quantitative estimate of drug-likeness (QED) is 0.648. The van der Waals surface area contributed by atoms with Crippen LogP contribution in [0.3, 0.4) is 0 Å². The lowest BCUT2D eigenvalue weighted by Gasteiger charge is -2.13. The van der Waals surface area contributed by atoms with E-state index in [9.17, 15) is 15.0 Å². The molecule has 2 atom stereocenters. The maximum atomic E-state index is 11.3. The first-order valence-electron chi connectivity index (χ1n) is 4.93. The zero-order valence-corrected chi connectivity index (χ0v) is 9.74. The molecule has 0 amide bonds. The fraction of sp³-hybridized carbons (Fsp3) is 0.500. The van der Waals surface area contributed by atoms with Crippen LogP contribution in [-0.4, -0.2) is 35.4 Å². The predicted octanol–water partition coefficient (Wildman–Crippen LogP) is 0.278. The van der Waals surface area contributed by atoms with E-state index in [2.05, 4.69) is 0 Å². The summed E-state index contributed by atoms with van der Waals surface area (Å²) in [5, 5.41) is 19.0. The number of hydrogen-bond donors (Lipinski definition) is 3. The number of ether oxygens (including phenoxy) is 1. The van der Waals surface area contributed by atoms with Gasteiger partial charge in [-0.3, -0.25) is 0 Å². The van der Waals surface area contributed by atoms with Crippen molar-refractivity contribution < 1.29 is 19.7 Å². The first kappa shape index (κ1) is 13.1. The molecular formula is C10H15NO4S. The van der Waals surface area contributed by atoms with Gasteiger partial charge < -0.3 is 20.7 Å². The van der Waals surface area contributed by atoms with Crippen molar-refractivity contribution in [3.05, 3.63) is 21.9 Å². The molecule has 5 nitrogen and oxygen atoms in total. The number of esters is 1. The van der Waals surface area contributed by atoms with Crippen molar-refractivity contribution >= 4 is 17.3 Å². The predicted molar refractivity (Wildman–Crippen MR) is 60.3 cm³/mol. The molecule has 0 aliphatic heterocycles. The van der Waals surface area contributed by atoms with Gasteiger partial charge in [0.05, 0.1) is 12.7 Å². The van der Waals surface area contributed by atoms with Crippen molar-refractivity contribution in [3.63, 3.8) is 0 Å². The molecule has 6 heteroatoms. The molecule has 0 aliphatic carbocycles. The van der Waals surface area contributed by atoms with Crippen molar-refractivity contribution in [2.45, 2.75) is 19.1 Å². The smallest absolute Gasteiger partial charge is 0.348 e. The molecular weight excluding hydrogens is 230 g/mol. The molecule has 90 valence electrons. The number of thiophene rings is 1. The Morgan fingerprint density at radius 2 is 2.25 bits per heavy atom. The van der Waals surface area contributed by atoms with Gasteiger partial charge in [-0.2, -0.15) is 0 Å². The normalized spacial score (nSPS) is 14.5. The van der Waals surface area contributed by atoms with Gasteiger partial charge in [0, 0.05) is 11.4 Å². The molecule has 0 aromatic carbocycles. The molecule has 0 fully saturated rings. The number of hydrogen-bond acceptors (Lipinski definition) is 6. The average Bonchev–Trinajstić information content (AvgIpc) is 2.76. The lowest BCUT2D eigenvalue weighted by Crippen LogP contribution is -2.26. The number of carbonyl (C=O) groups is 1. The largest absolute Gasteiger partial charge is 0.462 e. The van der Waals surface area contributed by atoms with Crippen LogP contribution >= 0.6 is 11.3 Å². The Labute approximate surface area is 97.5 Å². The van der Waals surface area contributed by atoms with E-state index >= 15 is 0 Å². The fourth-order valence-electron chi connectivity index (χ4n) is 1.14. The van der Waals surface area contributed by atoms with E-state index in [0.717, 1.165) is 11.3 Å². The Bertz CT molecular complexity index is 352. The van der Waals surface area contributed by atoms with Crippen LogP contribution in [0.2, 0.25) is 0 Å². The number of rotatable bonds is 5. The number of carbonyl (C=O) groups excluding carboxylic acids is 1. The minimum atomic E-state index is -1.06. The Hall–Kier alpha value is -0.950. The Kier molecular flexibility index (Phi) is 4.88. The summed E-state index contributed by atoms with van der Waals surface area (Å²) in [5.41, 5.74) is 5.23. The van der Waals surface area contributed by atoms with E-state index in [-0.39, 0.29) is 6.54 Å². The number of nitrogens with two attached hydrogens (primary N) is 1. The van der Waals surface area contributed by atoms with Crippen LogP contribution in [0, 0.1) is 0 Å². The first-order valence-corrected chi connectivity index (χ1v) is 5.74. The Morgan fingerprint density at radius 3 is 2.81 bits per heavy atom. The van der Waals surface area contributed by atoms with Crippen LogP contribution in [0.4, 0.5) is 0 Å². The van der Waals surface area contributed by atoms with Gasteiger partial charge >= 0.3 is 5.97 Å². The Morgan fingerprint density at radius 1 is 1.56 bits per heavy atom. The van der Waals surface area contributed by atoms with Gasteiger partial charge in [-0.15, -0.1) is 11.3 Å². The molecule has 1 aromatic heterocycles. The van der Waals surface area contributed by atoms with Crippen molar-refractivity contribution in [2.75, 3.05) is 13.2 Å². The summed E-state index contributed by atoms with van der Waals surface area (Å²) in [5.74, 6) is -0.423. The van der Waals surface area contributed by atoms with E-state index in [4.69, 9.17) is 10.5 Å². The molecule has 0 saturated heterocycles. The topological polar surface area (TPSA) is 92.8 Å². The molecule has 0 saturated carbocycles. The summed E-state index contributed by atoms with van der Waals surface area (Å²) >= 11 is 1.09. The van der Waals surface area contributed by atoms with E-state index in [1.54, 1.807) is 19.1 Å². The standard InChI is InChI=1S/C10H15NO4S/c1-2-15-10(14)8-4-3-7(16-8)9(13)6(12)5-11/h3-4,6,9,12-13H,2,5,11H2,1H3. The molecule has 0 radical (unpaired) electrons. The summed E-state index contributed by atoms with van der Waals surface area (Å²) in [6.07, 6.45) is -2.08. The monoisotopic (exact) mass is 245 g/mol. The highest BCUT2D eigenvalue weighted by atomic mass is 32.1. The summed E-state index contributed by atoms with van der Waals surface area (Å²) in [4.78, 5) is 12.2. The minimum absolute atomic E-state index is 0.0339. The van der Waals surface area contributed by atoms with Crippen molar-refractivity contribution in [1.82, 2.24) is 0 Å². The Balaban J connectivity index is 2.74. The van der Waals surface area contributed by atoms with Crippen molar-refractivity contribution in [3.8, 4) is 0 Å². The average molecular weight is 245 g/mol. The third-order valence-electron chi connectivity index (χ3n) is 2.00. The van der Waals surface area contributed by atoms with E-state index in [1.165, 1.54) is 0 Å². The summed E-state index contributed by atoms with van der Waals surface area (Å²) < 4.78 is 4.81. The van der Waals surface area contributed by atoms with Gasteiger partial charge in [-0.05, 0) is 19.1 Å². The van der Waals surface area contributed by atoms with Crippen LogP contribution in [0.15, 0.2) is 12.1 Å².